The fourth-order valence-electron chi connectivity index (χ4n) is 3.27. The van der Waals surface area contributed by atoms with Crippen LogP contribution in [-0.2, 0) is 0 Å². The molecule has 0 spiro atoms. The lowest BCUT2D eigenvalue weighted by atomic mass is 10.2. The average molecular weight is 409 g/mol. The molecule has 10 heteroatoms. The number of carbonyl (C=O) groups is 1. The van der Waals surface area contributed by atoms with E-state index < -0.39 is 0 Å². The Kier molecular flexibility index (Phi) is 5.64. The average Bonchev–Trinajstić information content (AvgIpc) is 3.34. The van der Waals surface area contributed by atoms with Gasteiger partial charge in [-0.2, -0.15) is 5.10 Å². The third-order valence-electron chi connectivity index (χ3n) is 4.90. The standard InChI is InChI=1S/C20H23N7O3/c1-29-16-5-4-15(14-17(16)30-2)22-20(28)26-12-10-25(11-13-26)18-6-7-19(24-23-18)27-9-3-8-21-27/h3-9,14H,10-13H2,1-2H3,(H,22,28). The number of methoxy groups -OCH3 is 2. The number of benzene rings is 1. The summed E-state index contributed by atoms with van der Waals surface area (Å²) in [6, 6.07) is 10.8. The first-order valence-electron chi connectivity index (χ1n) is 9.54. The van der Waals surface area contributed by atoms with E-state index in [4.69, 9.17) is 9.47 Å². The van der Waals surface area contributed by atoms with Crippen molar-refractivity contribution in [3.8, 4) is 17.3 Å². The highest BCUT2D eigenvalue weighted by Gasteiger charge is 2.22. The molecule has 156 valence electrons. The van der Waals surface area contributed by atoms with Crippen molar-refractivity contribution >= 4 is 17.5 Å². The zero-order valence-electron chi connectivity index (χ0n) is 16.9. The first-order valence-corrected chi connectivity index (χ1v) is 9.54. The topological polar surface area (TPSA) is 97.6 Å². The number of rotatable bonds is 5. The predicted molar refractivity (Wildman–Crippen MR) is 112 cm³/mol. The van der Waals surface area contributed by atoms with Crippen LogP contribution in [0.25, 0.3) is 5.82 Å². The molecule has 0 atom stereocenters. The van der Waals surface area contributed by atoms with Crippen LogP contribution in [0.3, 0.4) is 0 Å². The summed E-state index contributed by atoms with van der Waals surface area (Å²) < 4.78 is 12.2. The minimum Gasteiger partial charge on any atom is -0.493 e. The first kappa shape index (κ1) is 19.5. The second-order valence-electron chi connectivity index (χ2n) is 6.67. The molecule has 0 radical (unpaired) electrons. The number of hydrogen-bond donors (Lipinski definition) is 1. The number of hydrogen-bond acceptors (Lipinski definition) is 7. The fourth-order valence-corrected chi connectivity index (χ4v) is 3.27. The molecule has 2 aromatic heterocycles. The van der Waals surface area contributed by atoms with Gasteiger partial charge in [-0.15, -0.1) is 10.2 Å². The Bertz CT molecular complexity index is 984. The number of ether oxygens (including phenoxy) is 2. The van der Waals surface area contributed by atoms with Crippen molar-refractivity contribution in [2.75, 3.05) is 50.6 Å². The molecular formula is C20H23N7O3. The molecule has 3 heterocycles. The van der Waals surface area contributed by atoms with Crippen LogP contribution in [0.1, 0.15) is 0 Å². The molecule has 1 N–H and O–H groups in total. The van der Waals surface area contributed by atoms with Crippen LogP contribution < -0.4 is 19.7 Å². The SMILES string of the molecule is COc1ccc(NC(=O)N2CCN(c3ccc(-n4cccn4)nn3)CC2)cc1OC. The normalized spacial score (nSPS) is 13.8. The van der Waals surface area contributed by atoms with E-state index in [0.717, 1.165) is 5.82 Å². The number of nitrogens with one attached hydrogen (secondary N) is 1. The minimum absolute atomic E-state index is 0.151. The van der Waals surface area contributed by atoms with Gasteiger partial charge in [-0.05, 0) is 30.3 Å². The Labute approximate surface area is 174 Å². The summed E-state index contributed by atoms with van der Waals surface area (Å²) in [4.78, 5) is 16.5. The van der Waals surface area contributed by atoms with E-state index >= 15 is 0 Å². The van der Waals surface area contributed by atoms with Crippen molar-refractivity contribution in [3.05, 3.63) is 48.8 Å². The Morgan fingerprint density at radius 1 is 0.967 bits per heavy atom. The van der Waals surface area contributed by atoms with E-state index in [2.05, 4.69) is 25.5 Å². The van der Waals surface area contributed by atoms with Crippen molar-refractivity contribution in [2.24, 2.45) is 0 Å². The van der Waals surface area contributed by atoms with Gasteiger partial charge in [0.05, 0.1) is 14.2 Å². The van der Waals surface area contributed by atoms with Gasteiger partial charge in [0, 0.05) is 50.3 Å². The lowest BCUT2D eigenvalue weighted by molar-refractivity contribution is 0.208. The monoisotopic (exact) mass is 409 g/mol. The van der Waals surface area contributed by atoms with Crippen molar-refractivity contribution < 1.29 is 14.3 Å². The number of carbonyl (C=O) groups excluding carboxylic acids is 1. The van der Waals surface area contributed by atoms with Crippen LogP contribution in [-0.4, -0.2) is 71.3 Å². The maximum atomic E-state index is 12.6. The van der Waals surface area contributed by atoms with E-state index in [-0.39, 0.29) is 6.03 Å². The number of piperazine rings is 1. The Balaban J connectivity index is 1.33. The van der Waals surface area contributed by atoms with Crippen LogP contribution in [0.2, 0.25) is 0 Å². The van der Waals surface area contributed by atoms with E-state index in [1.54, 1.807) is 48.2 Å². The largest absolute Gasteiger partial charge is 0.493 e. The number of nitrogens with zero attached hydrogens (tertiary/aromatic N) is 6. The smallest absolute Gasteiger partial charge is 0.321 e. The highest BCUT2D eigenvalue weighted by Crippen LogP contribution is 2.29. The van der Waals surface area contributed by atoms with Crippen molar-refractivity contribution in [2.45, 2.75) is 0 Å². The quantitative estimate of drug-likeness (QED) is 0.689. The van der Waals surface area contributed by atoms with Gasteiger partial charge in [0.1, 0.15) is 0 Å². The molecule has 0 aliphatic carbocycles. The van der Waals surface area contributed by atoms with Gasteiger partial charge in [-0.1, -0.05) is 0 Å². The molecule has 0 saturated carbocycles. The summed E-state index contributed by atoms with van der Waals surface area (Å²) >= 11 is 0. The van der Waals surface area contributed by atoms with Gasteiger partial charge in [0.25, 0.3) is 0 Å². The maximum absolute atomic E-state index is 12.6. The van der Waals surface area contributed by atoms with Gasteiger partial charge in [0.15, 0.2) is 23.1 Å². The van der Waals surface area contributed by atoms with Gasteiger partial charge in [-0.25, -0.2) is 9.48 Å². The maximum Gasteiger partial charge on any atom is 0.321 e. The number of aromatic nitrogens is 4. The van der Waals surface area contributed by atoms with Crippen LogP contribution in [0, 0.1) is 0 Å². The zero-order chi connectivity index (χ0) is 20.9. The fraction of sp³-hybridized carbons (Fsp3) is 0.300. The Morgan fingerprint density at radius 2 is 1.70 bits per heavy atom. The van der Waals surface area contributed by atoms with Gasteiger partial charge in [0.2, 0.25) is 0 Å². The Morgan fingerprint density at radius 3 is 2.33 bits per heavy atom. The summed E-state index contributed by atoms with van der Waals surface area (Å²) in [7, 11) is 3.14. The summed E-state index contributed by atoms with van der Waals surface area (Å²) in [6.07, 6.45) is 3.52. The summed E-state index contributed by atoms with van der Waals surface area (Å²) in [6.45, 7) is 2.52. The third-order valence-corrected chi connectivity index (χ3v) is 4.90. The molecular weight excluding hydrogens is 386 g/mol. The van der Waals surface area contributed by atoms with Crippen LogP contribution in [0.5, 0.6) is 11.5 Å². The lowest BCUT2D eigenvalue weighted by Crippen LogP contribution is -2.50. The van der Waals surface area contributed by atoms with Crippen molar-refractivity contribution in [3.63, 3.8) is 0 Å². The molecule has 1 fully saturated rings. The molecule has 0 unspecified atom stereocenters. The molecule has 3 aromatic rings. The van der Waals surface area contributed by atoms with Crippen molar-refractivity contribution in [1.82, 2.24) is 24.9 Å². The number of urea groups is 1. The molecule has 2 amide bonds. The van der Waals surface area contributed by atoms with E-state index in [0.29, 0.717) is 49.2 Å². The Hall–Kier alpha value is -3.82. The van der Waals surface area contributed by atoms with E-state index in [1.165, 1.54) is 0 Å². The second kappa shape index (κ2) is 8.68. The van der Waals surface area contributed by atoms with Gasteiger partial charge < -0.3 is 24.6 Å². The van der Waals surface area contributed by atoms with Crippen molar-refractivity contribution in [1.29, 1.82) is 0 Å². The lowest BCUT2D eigenvalue weighted by Gasteiger charge is -2.35. The summed E-state index contributed by atoms with van der Waals surface area (Å²) in [5, 5.41) is 15.6. The van der Waals surface area contributed by atoms with Crippen LogP contribution in [0.4, 0.5) is 16.3 Å². The summed E-state index contributed by atoms with van der Waals surface area (Å²) in [5.41, 5.74) is 0.653. The van der Waals surface area contributed by atoms with Gasteiger partial charge >= 0.3 is 6.03 Å². The van der Waals surface area contributed by atoms with E-state index in [1.807, 2.05) is 24.4 Å². The molecule has 1 aliphatic heterocycles. The second-order valence-corrected chi connectivity index (χ2v) is 6.67. The number of amides is 2. The highest BCUT2D eigenvalue weighted by atomic mass is 16.5. The van der Waals surface area contributed by atoms with Gasteiger partial charge in [-0.3, -0.25) is 0 Å². The number of anilines is 2. The summed E-state index contributed by atoms with van der Waals surface area (Å²) in [5.74, 6) is 2.63. The molecule has 0 bridgehead atoms. The third kappa shape index (κ3) is 4.12. The molecule has 1 saturated heterocycles. The first-order chi connectivity index (χ1) is 14.7. The van der Waals surface area contributed by atoms with E-state index in [9.17, 15) is 4.79 Å². The van der Waals surface area contributed by atoms with Crippen LogP contribution in [0.15, 0.2) is 48.8 Å². The predicted octanol–water partition coefficient (Wildman–Crippen LogP) is 2.03. The molecule has 30 heavy (non-hydrogen) atoms. The molecule has 4 rings (SSSR count). The zero-order valence-corrected chi connectivity index (χ0v) is 16.9. The molecule has 1 aliphatic rings. The highest BCUT2D eigenvalue weighted by molar-refractivity contribution is 5.90. The molecule has 10 nitrogen and oxygen atoms in total. The van der Waals surface area contributed by atoms with Crippen LogP contribution >= 0.6 is 0 Å². The minimum atomic E-state index is -0.151. The molecule has 1 aromatic carbocycles.